The number of nitrogens with one attached hydrogen (secondary N) is 1. The van der Waals surface area contributed by atoms with Crippen LogP contribution in [0.25, 0.3) is 0 Å². The van der Waals surface area contributed by atoms with Gasteiger partial charge in [-0.15, -0.1) is 0 Å². The highest BCUT2D eigenvalue weighted by Gasteiger charge is 2.35. The second-order valence-corrected chi connectivity index (χ2v) is 3.91. The van der Waals surface area contributed by atoms with Crippen LogP contribution in [0.15, 0.2) is 12.7 Å². The van der Waals surface area contributed by atoms with E-state index in [4.69, 9.17) is 0 Å². The normalized spacial score (nSPS) is 32.8. The first-order valence-electron chi connectivity index (χ1n) is 4.96. The molecule has 72 valence electrons. The van der Waals surface area contributed by atoms with E-state index in [9.17, 15) is 4.79 Å². The van der Waals surface area contributed by atoms with Gasteiger partial charge in [-0.1, -0.05) is 6.58 Å². The summed E-state index contributed by atoms with van der Waals surface area (Å²) in [6, 6.07) is 0.539. The van der Waals surface area contributed by atoms with E-state index in [1.807, 2.05) is 4.90 Å². The number of nitrogens with zero attached hydrogens (tertiary/aromatic N) is 1. The SMILES string of the molecule is C=CC(=O)N1CC2CCCNC2C1. The maximum Gasteiger partial charge on any atom is 0.246 e. The smallest absolute Gasteiger partial charge is 0.246 e. The maximum atomic E-state index is 11.3. The average Bonchev–Trinajstić information content (AvgIpc) is 2.59. The van der Waals surface area contributed by atoms with Crippen molar-refractivity contribution in [2.24, 2.45) is 5.92 Å². The van der Waals surface area contributed by atoms with Gasteiger partial charge in [0.15, 0.2) is 0 Å². The van der Waals surface area contributed by atoms with Gasteiger partial charge in [-0.2, -0.15) is 0 Å². The molecular formula is C10H16N2O. The molecule has 1 amide bonds. The Morgan fingerprint density at radius 1 is 1.54 bits per heavy atom. The second-order valence-electron chi connectivity index (χ2n) is 3.91. The summed E-state index contributed by atoms with van der Waals surface area (Å²) >= 11 is 0. The molecule has 3 heteroatoms. The second kappa shape index (κ2) is 3.50. The van der Waals surface area contributed by atoms with Crippen molar-refractivity contribution in [2.45, 2.75) is 18.9 Å². The van der Waals surface area contributed by atoms with Gasteiger partial charge in [0, 0.05) is 19.1 Å². The van der Waals surface area contributed by atoms with Gasteiger partial charge in [0.05, 0.1) is 0 Å². The van der Waals surface area contributed by atoms with Gasteiger partial charge in [0.1, 0.15) is 0 Å². The van der Waals surface area contributed by atoms with Gasteiger partial charge < -0.3 is 10.2 Å². The monoisotopic (exact) mass is 180 g/mol. The molecule has 0 spiro atoms. The van der Waals surface area contributed by atoms with Crippen LogP contribution in [0.1, 0.15) is 12.8 Å². The third kappa shape index (κ3) is 1.61. The fourth-order valence-electron chi connectivity index (χ4n) is 2.36. The number of hydrogen-bond donors (Lipinski definition) is 1. The Balaban J connectivity index is 1.98. The first-order chi connectivity index (χ1) is 6.31. The molecular weight excluding hydrogens is 164 g/mol. The topological polar surface area (TPSA) is 32.3 Å². The van der Waals surface area contributed by atoms with Gasteiger partial charge in [0.25, 0.3) is 0 Å². The van der Waals surface area contributed by atoms with Crippen LogP contribution < -0.4 is 5.32 Å². The molecule has 2 aliphatic heterocycles. The van der Waals surface area contributed by atoms with Crippen molar-refractivity contribution >= 4 is 5.91 Å². The first-order valence-corrected chi connectivity index (χ1v) is 4.96. The van der Waals surface area contributed by atoms with Crippen LogP contribution in [-0.2, 0) is 4.79 Å². The summed E-state index contributed by atoms with van der Waals surface area (Å²) in [5.74, 6) is 0.758. The van der Waals surface area contributed by atoms with Crippen LogP contribution >= 0.6 is 0 Å². The molecule has 1 N–H and O–H groups in total. The first kappa shape index (κ1) is 8.75. The van der Waals surface area contributed by atoms with E-state index < -0.39 is 0 Å². The molecule has 0 aromatic carbocycles. The lowest BCUT2D eigenvalue weighted by atomic mass is 9.94. The number of fused-ring (bicyclic) bond motifs is 1. The van der Waals surface area contributed by atoms with Gasteiger partial charge >= 0.3 is 0 Å². The third-order valence-corrected chi connectivity index (χ3v) is 3.09. The van der Waals surface area contributed by atoms with Crippen molar-refractivity contribution in [1.82, 2.24) is 10.2 Å². The summed E-state index contributed by atoms with van der Waals surface area (Å²) in [6.07, 6.45) is 3.92. The van der Waals surface area contributed by atoms with Crippen molar-refractivity contribution in [3.8, 4) is 0 Å². The van der Waals surface area contributed by atoms with Crippen molar-refractivity contribution in [3.63, 3.8) is 0 Å². The number of hydrogen-bond acceptors (Lipinski definition) is 2. The zero-order valence-corrected chi connectivity index (χ0v) is 7.83. The standard InChI is InChI=1S/C10H16N2O/c1-2-10(13)12-6-8-4-3-5-11-9(8)7-12/h2,8-9,11H,1,3-7H2. The van der Waals surface area contributed by atoms with Crippen LogP contribution in [0, 0.1) is 5.92 Å². The lowest BCUT2D eigenvalue weighted by molar-refractivity contribution is -0.125. The Morgan fingerprint density at radius 2 is 2.38 bits per heavy atom. The van der Waals surface area contributed by atoms with E-state index in [0.717, 1.165) is 19.6 Å². The Hall–Kier alpha value is -0.830. The quantitative estimate of drug-likeness (QED) is 0.592. The molecule has 0 radical (unpaired) electrons. The van der Waals surface area contributed by atoms with Crippen LogP contribution in [-0.4, -0.2) is 36.5 Å². The molecule has 0 bridgehead atoms. The van der Waals surface area contributed by atoms with Crippen LogP contribution in [0.3, 0.4) is 0 Å². The fourth-order valence-corrected chi connectivity index (χ4v) is 2.36. The molecule has 0 aromatic heterocycles. The molecule has 2 atom stereocenters. The highest BCUT2D eigenvalue weighted by atomic mass is 16.2. The summed E-state index contributed by atoms with van der Waals surface area (Å²) in [5, 5.41) is 3.46. The van der Waals surface area contributed by atoms with E-state index >= 15 is 0 Å². The number of amides is 1. The summed E-state index contributed by atoms with van der Waals surface area (Å²) in [7, 11) is 0. The molecule has 2 fully saturated rings. The van der Waals surface area contributed by atoms with Crippen molar-refractivity contribution in [2.75, 3.05) is 19.6 Å². The van der Waals surface area contributed by atoms with E-state index in [2.05, 4.69) is 11.9 Å². The van der Waals surface area contributed by atoms with E-state index in [-0.39, 0.29) is 5.91 Å². The van der Waals surface area contributed by atoms with Gasteiger partial charge in [-0.05, 0) is 31.4 Å². The largest absolute Gasteiger partial charge is 0.337 e. The average molecular weight is 180 g/mol. The molecule has 0 saturated carbocycles. The molecule has 2 aliphatic rings. The highest BCUT2D eigenvalue weighted by molar-refractivity contribution is 5.87. The number of rotatable bonds is 1. The lowest BCUT2D eigenvalue weighted by Gasteiger charge is -2.24. The molecule has 0 aliphatic carbocycles. The van der Waals surface area contributed by atoms with Crippen molar-refractivity contribution in [1.29, 1.82) is 0 Å². The Labute approximate surface area is 78.8 Å². The number of carbonyl (C=O) groups excluding carboxylic acids is 1. The molecule has 13 heavy (non-hydrogen) atoms. The van der Waals surface area contributed by atoms with Crippen LogP contribution in [0.5, 0.6) is 0 Å². The van der Waals surface area contributed by atoms with Crippen molar-refractivity contribution < 1.29 is 4.79 Å². The molecule has 0 aromatic rings. The minimum Gasteiger partial charge on any atom is -0.337 e. The Kier molecular flexibility index (Phi) is 2.36. The molecule has 2 heterocycles. The van der Waals surface area contributed by atoms with E-state index in [1.165, 1.54) is 18.9 Å². The predicted octanol–water partition coefficient (Wildman–Crippen LogP) is 0.383. The predicted molar refractivity (Wildman–Crippen MR) is 51.3 cm³/mol. The van der Waals surface area contributed by atoms with E-state index in [1.54, 1.807) is 0 Å². The number of carbonyl (C=O) groups is 1. The zero-order chi connectivity index (χ0) is 9.26. The number of piperidine rings is 1. The summed E-state index contributed by atoms with van der Waals surface area (Å²) < 4.78 is 0. The molecule has 3 nitrogen and oxygen atoms in total. The van der Waals surface area contributed by atoms with Crippen LogP contribution in [0.4, 0.5) is 0 Å². The Morgan fingerprint density at radius 3 is 3.08 bits per heavy atom. The fraction of sp³-hybridized carbons (Fsp3) is 0.700. The molecule has 2 unspecified atom stereocenters. The summed E-state index contributed by atoms with van der Waals surface area (Å²) in [6.45, 7) is 6.41. The molecule has 2 saturated heterocycles. The zero-order valence-electron chi connectivity index (χ0n) is 7.83. The highest BCUT2D eigenvalue weighted by Crippen LogP contribution is 2.24. The van der Waals surface area contributed by atoms with Gasteiger partial charge in [-0.3, -0.25) is 4.79 Å². The lowest BCUT2D eigenvalue weighted by Crippen LogP contribution is -2.40. The van der Waals surface area contributed by atoms with E-state index in [0.29, 0.717) is 12.0 Å². The maximum absolute atomic E-state index is 11.3. The third-order valence-electron chi connectivity index (χ3n) is 3.09. The van der Waals surface area contributed by atoms with Gasteiger partial charge in [0.2, 0.25) is 5.91 Å². The number of likely N-dealkylation sites (tertiary alicyclic amines) is 1. The van der Waals surface area contributed by atoms with Crippen LogP contribution in [0.2, 0.25) is 0 Å². The van der Waals surface area contributed by atoms with Crippen molar-refractivity contribution in [3.05, 3.63) is 12.7 Å². The minimum atomic E-state index is 0.0798. The summed E-state index contributed by atoms with van der Waals surface area (Å²) in [4.78, 5) is 13.2. The molecule has 2 rings (SSSR count). The Bertz CT molecular complexity index is 213. The minimum absolute atomic E-state index is 0.0798. The summed E-state index contributed by atoms with van der Waals surface area (Å²) in [5.41, 5.74) is 0. The van der Waals surface area contributed by atoms with Gasteiger partial charge in [-0.25, -0.2) is 0 Å².